The molecular formula is C11H11F2N3O2S. The highest BCUT2D eigenvalue weighted by molar-refractivity contribution is 7.91. The molecule has 0 spiro atoms. The highest BCUT2D eigenvalue weighted by Gasteiger charge is 2.29. The highest BCUT2D eigenvalue weighted by Crippen LogP contribution is 2.27. The normalized spacial score (nSPS) is 11.8. The van der Waals surface area contributed by atoms with Gasteiger partial charge in [0, 0.05) is 19.3 Å². The number of para-hydroxylation sites is 1. The molecule has 0 saturated carbocycles. The zero-order valence-electron chi connectivity index (χ0n) is 9.92. The number of halogens is 2. The van der Waals surface area contributed by atoms with Crippen molar-refractivity contribution < 1.29 is 17.2 Å². The average Bonchev–Trinajstić information content (AvgIpc) is 2.75. The van der Waals surface area contributed by atoms with Crippen LogP contribution in [0.5, 0.6) is 0 Å². The zero-order chi connectivity index (χ0) is 14.0. The van der Waals surface area contributed by atoms with E-state index in [9.17, 15) is 17.2 Å². The van der Waals surface area contributed by atoms with E-state index in [1.807, 2.05) is 0 Å². The van der Waals surface area contributed by atoms with E-state index in [1.165, 1.54) is 16.8 Å². The quantitative estimate of drug-likeness (QED) is 0.936. The number of anilines is 2. The summed E-state index contributed by atoms with van der Waals surface area (Å²) in [5, 5.41) is 6.71. The van der Waals surface area contributed by atoms with Gasteiger partial charge in [0.1, 0.15) is 0 Å². The van der Waals surface area contributed by atoms with Crippen LogP contribution in [-0.2, 0) is 16.9 Å². The fraction of sp³-hybridized carbons (Fsp3) is 0.182. The van der Waals surface area contributed by atoms with Crippen molar-refractivity contribution in [2.75, 3.05) is 5.32 Å². The second kappa shape index (κ2) is 4.96. The van der Waals surface area contributed by atoms with E-state index in [-0.39, 0.29) is 5.69 Å². The molecular weight excluding hydrogens is 276 g/mol. The first-order valence-corrected chi connectivity index (χ1v) is 6.83. The molecule has 19 heavy (non-hydrogen) atoms. The summed E-state index contributed by atoms with van der Waals surface area (Å²) in [4.78, 5) is -0.448. The van der Waals surface area contributed by atoms with Crippen LogP contribution in [0.3, 0.4) is 0 Å². The topological polar surface area (TPSA) is 64.0 Å². The van der Waals surface area contributed by atoms with Gasteiger partial charge in [-0.2, -0.15) is 13.9 Å². The van der Waals surface area contributed by atoms with Gasteiger partial charge in [-0.3, -0.25) is 4.68 Å². The van der Waals surface area contributed by atoms with Crippen LogP contribution in [0.15, 0.2) is 41.4 Å². The summed E-state index contributed by atoms with van der Waals surface area (Å²) in [7, 11) is -2.96. The van der Waals surface area contributed by atoms with Crippen LogP contribution >= 0.6 is 0 Å². The van der Waals surface area contributed by atoms with Crippen molar-refractivity contribution in [1.82, 2.24) is 9.78 Å². The molecule has 0 bridgehead atoms. The van der Waals surface area contributed by atoms with E-state index in [1.54, 1.807) is 25.4 Å². The predicted octanol–water partition coefficient (Wildman–Crippen LogP) is 2.16. The molecule has 2 aromatic rings. The first kappa shape index (κ1) is 13.5. The summed E-state index contributed by atoms with van der Waals surface area (Å²) in [5.74, 6) is -3.08. The van der Waals surface area contributed by atoms with Crippen molar-refractivity contribution in [3.05, 3.63) is 36.5 Å². The molecule has 1 aromatic carbocycles. The molecule has 0 aliphatic rings. The minimum atomic E-state index is -4.65. The predicted molar refractivity (Wildman–Crippen MR) is 66.1 cm³/mol. The van der Waals surface area contributed by atoms with Crippen LogP contribution in [0.4, 0.5) is 20.3 Å². The number of alkyl halides is 2. The highest BCUT2D eigenvalue weighted by atomic mass is 32.2. The Kier molecular flexibility index (Phi) is 3.52. The third-order valence-electron chi connectivity index (χ3n) is 2.40. The molecule has 0 aliphatic carbocycles. The molecule has 1 heterocycles. The van der Waals surface area contributed by atoms with E-state index in [4.69, 9.17) is 0 Å². The van der Waals surface area contributed by atoms with Crippen LogP contribution in [-0.4, -0.2) is 24.0 Å². The molecule has 0 amide bonds. The Morgan fingerprint density at radius 2 is 1.95 bits per heavy atom. The molecule has 0 fully saturated rings. The maximum atomic E-state index is 12.6. The number of hydrogen-bond donors (Lipinski definition) is 1. The van der Waals surface area contributed by atoms with E-state index >= 15 is 0 Å². The van der Waals surface area contributed by atoms with E-state index in [0.29, 0.717) is 5.82 Å². The van der Waals surface area contributed by atoms with Crippen molar-refractivity contribution in [1.29, 1.82) is 0 Å². The van der Waals surface area contributed by atoms with Crippen molar-refractivity contribution in [2.24, 2.45) is 7.05 Å². The summed E-state index contributed by atoms with van der Waals surface area (Å²) >= 11 is 0. The minimum Gasteiger partial charge on any atom is -0.338 e. The van der Waals surface area contributed by atoms with Crippen molar-refractivity contribution in [3.8, 4) is 0 Å². The molecule has 0 aliphatic heterocycles. The Bertz CT molecular complexity index is 683. The SMILES string of the molecule is Cn1ccc(Nc2ccccc2S(=O)(=O)C(F)F)n1. The summed E-state index contributed by atoms with van der Waals surface area (Å²) in [6, 6.07) is 7.08. The second-order valence-corrected chi connectivity index (χ2v) is 5.69. The Hall–Kier alpha value is -1.96. The molecule has 1 aromatic heterocycles. The number of sulfone groups is 1. The van der Waals surface area contributed by atoms with Crippen LogP contribution in [0.1, 0.15) is 0 Å². The molecule has 5 nitrogen and oxygen atoms in total. The lowest BCUT2D eigenvalue weighted by atomic mass is 10.3. The monoisotopic (exact) mass is 287 g/mol. The molecule has 2 rings (SSSR count). The van der Waals surface area contributed by atoms with Gasteiger partial charge in [-0.25, -0.2) is 8.42 Å². The number of nitrogens with one attached hydrogen (secondary N) is 1. The van der Waals surface area contributed by atoms with Gasteiger partial charge in [0.05, 0.1) is 10.6 Å². The molecule has 8 heteroatoms. The number of aromatic nitrogens is 2. The number of nitrogens with zero attached hydrogens (tertiary/aromatic N) is 2. The van der Waals surface area contributed by atoms with Gasteiger partial charge >= 0.3 is 5.76 Å². The molecule has 102 valence electrons. The van der Waals surface area contributed by atoms with Gasteiger partial charge in [0.25, 0.3) is 0 Å². The average molecular weight is 287 g/mol. The maximum Gasteiger partial charge on any atom is 0.341 e. The van der Waals surface area contributed by atoms with Gasteiger partial charge in [-0.05, 0) is 12.1 Å². The Morgan fingerprint density at radius 1 is 1.26 bits per heavy atom. The van der Waals surface area contributed by atoms with Gasteiger partial charge in [-0.15, -0.1) is 0 Å². The number of aryl methyl sites for hydroxylation is 1. The lowest BCUT2D eigenvalue weighted by Crippen LogP contribution is -2.13. The van der Waals surface area contributed by atoms with Crippen LogP contribution in [0.25, 0.3) is 0 Å². The smallest absolute Gasteiger partial charge is 0.338 e. The summed E-state index contributed by atoms with van der Waals surface area (Å²) in [6.07, 6.45) is 1.65. The van der Waals surface area contributed by atoms with Crippen molar-refractivity contribution in [3.63, 3.8) is 0 Å². The molecule has 0 radical (unpaired) electrons. The third-order valence-corrected chi connectivity index (χ3v) is 3.84. The minimum absolute atomic E-state index is 0.0708. The van der Waals surface area contributed by atoms with Crippen LogP contribution in [0, 0.1) is 0 Å². The van der Waals surface area contributed by atoms with Gasteiger partial charge < -0.3 is 5.32 Å². The number of benzene rings is 1. The number of rotatable bonds is 4. The summed E-state index contributed by atoms with van der Waals surface area (Å²) < 4.78 is 49.7. The van der Waals surface area contributed by atoms with Crippen molar-refractivity contribution >= 4 is 21.3 Å². The van der Waals surface area contributed by atoms with Crippen LogP contribution < -0.4 is 5.32 Å². The standard InChI is InChI=1S/C11H11F2N3O2S/c1-16-7-6-10(15-16)14-8-4-2-3-5-9(8)19(17,18)11(12)13/h2-7,11H,1H3,(H,14,15). The van der Waals surface area contributed by atoms with E-state index in [2.05, 4.69) is 10.4 Å². The van der Waals surface area contributed by atoms with Crippen LogP contribution in [0.2, 0.25) is 0 Å². The lowest BCUT2D eigenvalue weighted by molar-refractivity contribution is 0.235. The van der Waals surface area contributed by atoms with Gasteiger partial charge in [-0.1, -0.05) is 12.1 Å². The van der Waals surface area contributed by atoms with Gasteiger partial charge in [0.2, 0.25) is 9.84 Å². The van der Waals surface area contributed by atoms with E-state index < -0.39 is 20.5 Å². The second-order valence-electron chi connectivity index (χ2n) is 3.80. The largest absolute Gasteiger partial charge is 0.341 e. The molecule has 0 saturated heterocycles. The lowest BCUT2D eigenvalue weighted by Gasteiger charge is -2.10. The first-order valence-electron chi connectivity index (χ1n) is 5.29. The number of hydrogen-bond acceptors (Lipinski definition) is 4. The fourth-order valence-corrected chi connectivity index (χ4v) is 2.42. The Morgan fingerprint density at radius 3 is 2.53 bits per heavy atom. The Labute approximate surface area is 108 Å². The molecule has 0 atom stereocenters. The Balaban J connectivity index is 2.42. The first-order chi connectivity index (χ1) is 8.91. The molecule has 1 N–H and O–H groups in total. The fourth-order valence-electron chi connectivity index (χ4n) is 1.53. The maximum absolute atomic E-state index is 12.6. The zero-order valence-corrected chi connectivity index (χ0v) is 10.7. The third kappa shape index (κ3) is 2.73. The summed E-state index contributed by atoms with van der Waals surface area (Å²) in [5.41, 5.74) is 0.0708. The summed E-state index contributed by atoms with van der Waals surface area (Å²) in [6.45, 7) is 0. The van der Waals surface area contributed by atoms with Crippen molar-refractivity contribution in [2.45, 2.75) is 10.7 Å². The molecule has 0 unspecified atom stereocenters. The van der Waals surface area contributed by atoms with Gasteiger partial charge in [0.15, 0.2) is 5.82 Å². The van der Waals surface area contributed by atoms with E-state index in [0.717, 1.165) is 6.07 Å².